The van der Waals surface area contributed by atoms with E-state index in [2.05, 4.69) is 39.8 Å². The number of fused-ring (bicyclic) bond motifs is 1. The maximum absolute atomic E-state index is 6.39. The maximum Gasteiger partial charge on any atom is 0.0324 e. The Balaban J connectivity index is 2.38. The minimum Gasteiger partial charge on any atom is -0.324 e. The minimum absolute atomic E-state index is 0.100. The first-order valence-corrected chi connectivity index (χ1v) is 6.53. The molecule has 2 aliphatic rings. The molecule has 0 spiro atoms. The van der Waals surface area contributed by atoms with Gasteiger partial charge in [0.25, 0.3) is 0 Å². The monoisotopic (exact) mass is 219 g/mol. The molecule has 0 bridgehead atoms. The van der Waals surface area contributed by atoms with Crippen molar-refractivity contribution in [1.29, 1.82) is 0 Å². The molecule has 2 rings (SSSR count). The molecule has 0 aliphatic heterocycles. The van der Waals surface area contributed by atoms with Crippen LogP contribution in [0.2, 0.25) is 0 Å². The van der Waals surface area contributed by atoms with Gasteiger partial charge < -0.3 is 5.73 Å². The Labute approximate surface area is 99.8 Å². The highest BCUT2D eigenvalue weighted by Gasteiger charge is 2.42. The van der Waals surface area contributed by atoms with Gasteiger partial charge in [-0.25, -0.2) is 0 Å². The average Bonchev–Trinajstić information content (AvgIpc) is 2.18. The van der Waals surface area contributed by atoms with Crippen LogP contribution in [0.5, 0.6) is 0 Å². The fourth-order valence-electron chi connectivity index (χ4n) is 2.87. The second kappa shape index (κ2) is 3.73. The molecule has 0 amide bonds. The molecule has 2 unspecified atom stereocenters. The largest absolute Gasteiger partial charge is 0.324 e. The van der Waals surface area contributed by atoms with Crippen LogP contribution in [0.3, 0.4) is 0 Å². The minimum atomic E-state index is 0.100. The third-order valence-corrected chi connectivity index (χ3v) is 4.72. The summed E-state index contributed by atoms with van der Waals surface area (Å²) in [5, 5.41) is 0. The molecule has 0 aromatic heterocycles. The van der Waals surface area contributed by atoms with E-state index >= 15 is 0 Å². The van der Waals surface area contributed by atoms with Crippen molar-refractivity contribution >= 4 is 0 Å². The van der Waals surface area contributed by atoms with Gasteiger partial charge in [0.1, 0.15) is 0 Å². The van der Waals surface area contributed by atoms with Gasteiger partial charge in [-0.1, -0.05) is 39.8 Å². The van der Waals surface area contributed by atoms with Gasteiger partial charge in [-0.05, 0) is 42.2 Å². The van der Waals surface area contributed by atoms with Crippen molar-refractivity contribution in [1.82, 2.24) is 0 Å². The lowest BCUT2D eigenvalue weighted by Gasteiger charge is -2.47. The second-order valence-corrected chi connectivity index (χ2v) is 6.63. The number of allylic oxidation sites excluding steroid dienone is 2. The van der Waals surface area contributed by atoms with Crippen molar-refractivity contribution in [2.24, 2.45) is 16.6 Å². The van der Waals surface area contributed by atoms with Gasteiger partial charge in [-0.15, -0.1) is 0 Å². The number of rotatable bonds is 0. The first kappa shape index (κ1) is 11.9. The molecule has 2 N–H and O–H groups in total. The fourth-order valence-corrected chi connectivity index (χ4v) is 2.87. The number of hydrogen-bond acceptors (Lipinski definition) is 1. The van der Waals surface area contributed by atoms with E-state index < -0.39 is 0 Å². The number of nitrogens with two attached hydrogens (primary N) is 1. The molecule has 16 heavy (non-hydrogen) atoms. The summed E-state index contributed by atoms with van der Waals surface area (Å²) < 4.78 is 0. The van der Waals surface area contributed by atoms with Crippen LogP contribution in [0.25, 0.3) is 0 Å². The predicted octanol–water partition coefficient (Wildman–Crippen LogP) is 3.81. The lowest BCUT2D eigenvalue weighted by molar-refractivity contribution is 0.146. The molecular weight excluding hydrogens is 194 g/mol. The summed E-state index contributed by atoms with van der Waals surface area (Å²) in [7, 11) is 0. The quantitative estimate of drug-likeness (QED) is 0.659. The molecule has 0 aromatic carbocycles. The molecule has 0 aromatic rings. The van der Waals surface area contributed by atoms with Gasteiger partial charge in [-0.3, -0.25) is 0 Å². The third-order valence-electron chi connectivity index (χ3n) is 4.72. The molecule has 1 fully saturated rings. The van der Waals surface area contributed by atoms with Gasteiger partial charge in [0.15, 0.2) is 0 Å². The Morgan fingerprint density at radius 3 is 2.31 bits per heavy atom. The summed E-state index contributed by atoms with van der Waals surface area (Å²) in [6, 6.07) is 0.171. The van der Waals surface area contributed by atoms with E-state index in [0.717, 1.165) is 0 Å². The molecular formula is C15H25N. The molecule has 0 heterocycles. The van der Waals surface area contributed by atoms with Crippen molar-refractivity contribution in [3.8, 4) is 0 Å². The van der Waals surface area contributed by atoms with E-state index in [1.165, 1.54) is 31.3 Å². The Kier molecular flexibility index (Phi) is 2.78. The summed E-state index contributed by atoms with van der Waals surface area (Å²) in [5.74, 6) is 0. The molecule has 1 heteroatoms. The van der Waals surface area contributed by atoms with E-state index in [-0.39, 0.29) is 16.9 Å². The van der Waals surface area contributed by atoms with E-state index in [4.69, 9.17) is 5.73 Å². The smallest absolute Gasteiger partial charge is 0.0324 e. The van der Waals surface area contributed by atoms with Crippen molar-refractivity contribution < 1.29 is 0 Å². The topological polar surface area (TPSA) is 26.0 Å². The van der Waals surface area contributed by atoms with Crippen LogP contribution in [0.4, 0.5) is 0 Å². The summed E-state index contributed by atoms with van der Waals surface area (Å²) >= 11 is 0. The molecule has 1 nitrogen and oxygen atoms in total. The van der Waals surface area contributed by atoms with Crippen LogP contribution in [-0.4, -0.2) is 6.04 Å². The summed E-state index contributed by atoms with van der Waals surface area (Å²) in [6.07, 6.45) is 9.98. The van der Waals surface area contributed by atoms with E-state index in [1.807, 2.05) is 0 Å². The standard InChI is InChI=1S/C15H25N/c1-14(2,3)15(4)10-12-8-6-5-7-11(12)9-13(15)16/h9-10,13H,5-8,16H2,1-4H3. The van der Waals surface area contributed by atoms with Crippen LogP contribution in [0.1, 0.15) is 53.4 Å². The highest BCUT2D eigenvalue weighted by Crippen LogP contribution is 2.48. The fraction of sp³-hybridized carbons (Fsp3) is 0.733. The maximum atomic E-state index is 6.39. The Morgan fingerprint density at radius 2 is 1.75 bits per heavy atom. The van der Waals surface area contributed by atoms with Crippen molar-refractivity contribution in [2.75, 3.05) is 0 Å². The van der Waals surface area contributed by atoms with Crippen molar-refractivity contribution in [2.45, 2.75) is 59.4 Å². The van der Waals surface area contributed by atoms with Crippen molar-refractivity contribution in [3.05, 3.63) is 23.3 Å². The van der Waals surface area contributed by atoms with Crippen LogP contribution in [-0.2, 0) is 0 Å². The van der Waals surface area contributed by atoms with E-state index in [0.29, 0.717) is 0 Å². The van der Waals surface area contributed by atoms with Gasteiger partial charge in [0, 0.05) is 11.5 Å². The van der Waals surface area contributed by atoms with Gasteiger partial charge in [0.05, 0.1) is 0 Å². The van der Waals surface area contributed by atoms with Gasteiger partial charge in [0.2, 0.25) is 0 Å². The highest BCUT2D eigenvalue weighted by atomic mass is 14.7. The summed E-state index contributed by atoms with van der Waals surface area (Å²) in [4.78, 5) is 0. The van der Waals surface area contributed by atoms with Gasteiger partial charge in [-0.2, -0.15) is 0 Å². The Hall–Kier alpha value is -0.560. The third kappa shape index (κ3) is 1.75. The lowest BCUT2D eigenvalue weighted by atomic mass is 9.60. The Bertz CT molecular complexity index is 343. The molecule has 2 aliphatic carbocycles. The van der Waals surface area contributed by atoms with Crippen LogP contribution in [0.15, 0.2) is 23.3 Å². The SMILES string of the molecule is CC(C)(C)C1(C)C=C2CCCCC2=CC1N. The highest BCUT2D eigenvalue weighted by molar-refractivity contribution is 5.41. The zero-order valence-corrected chi connectivity index (χ0v) is 11.1. The molecule has 2 atom stereocenters. The van der Waals surface area contributed by atoms with Crippen molar-refractivity contribution in [3.63, 3.8) is 0 Å². The van der Waals surface area contributed by atoms with E-state index in [1.54, 1.807) is 5.57 Å². The number of hydrogen-bond donors (Lipinski definition) is 1. The van der Waals surface area contributed by atoms with Crippen LogP contribution in [0, 0.1) is 10.8 Å². The predicted molar refractivity (Wildman–Crippen MR) is 70.2 cm³/mol. The molecule has 90 valence electrons. The lowest BCUT2D eigenvalue weighted by Crippen LogP contribution is -2.47. The normalized spacial score (nSPS) is 35.2. The molecule has 0 radical (unpaired) electrons. The average molecular weight is 219 g/mol. The van der Waals surface area contributed by atoms with E-state index in [9.17, 15) is 0 Å². The zero-order chi connectivity index (χ0) is 12.0. The first-order chi connectivity index (χ1) is 7.34. The zero-order valence-electron chi connectivity index (χ0n) is 11.1. The second-order valence-electron chi connectivity index (χ2n) is 6.63. The first-order valence-electron chi connectivity index (χ1n) is 6.53. The molecule has 0 saturated heterocycles. The Morgan fingerprint density at radius 1 is 1.19 bits per heavy atom. The summed E-state index contributed by atoms with van der Waals surface area (Å²) in [6.45, 7) is 9.20. The summed E-state index contributed by atoms with van der Waals surface area (Å²) in [5.41, 5.74) is 9.81. The molecule has 1 saturated carbocycles. The van der Waals surface area contributed by atoms with Crippen LogP contribution < -0.4 is 5.73 Å². The van der Waals surface area contributed by atoms with Gasteiger partial charge >= 0.3 is 0 Å². The van der Waals surface area contributed by atoms with Crippen LogP contribution >= 0.6 is 0 Å².